The van der Waals surface area contributed by atoms with Gasteiger partial charge in [0.15, 0.2) is 0 Å². The Hall–Kier alpha value is 0.870. The molecule has 0 radical (unpaired) electrons. The Bertz CT molecular complexity index is 37.1. The van der Waals surface area contributed by atoms with Crippen LogP contribution < -0.4 is 0 Å². The molecular weight excluding hydrogens is 323 g/mol. The molecule has 0 saturated heterocycles. The third kappa shape index (κ3) is 32.2. The van der Waals surface area contributed by atoms with Gasteiger partial charge in [-0.05, 0) is 0 Å². The van der Waals surface area contributed by atoms with Crippen LogP contribution in [0.25, 0.3) is 0 Å². The van der Waals surface area contributed by atoms with Crippen LogP contribution in [0.2, 0.25) is 0 Å². The molecule has 1 heteroatoms. The molecule has 76 valence electrons. The molecule has 0 aliphatic heterocycles. The average molecular weight is 349 g/mol. The van der Waals surface area contributed by atoms with Crippen molar-refractivity contribution in [3.05, 3.63) is 13.8 Å². The quantitative estimate of drug-likeness (QED) is 0.367. The van der Waals surface area contributed by atoms with E-state index in [2.05, 4.69) is 27.7 Å². The van der Waals surface area contributed by atoms with Crippen LogP contribution in [-0.4, -0.2) is 0 Å². The van der Waals surface area contributed by atoms with Gasteiger partial charge in [0.25, 0.3) is 0 Å². The van der Waals surface area contributed by atoms with Crippen molar-refractivity contribution in [2.24, 2.45) is 0 Å². The normalized spacial score (nSPS) is 8.31. The van der Waals surface area contributed by atoms with E-state index in [1.165, 1.54) is 38.5 Å². The van der Waals surface area contributed by atoms with Gasteiger partial charge >= 0.3 is 25.8 Å². The molecule has 0 amide bonds. The molecule has 0 unspecified atom stereocenters. The first-order valence-electron chi connectivity index (χ1n) is 5.41. The molecule has 0 aromatic carbocycles. The van der Waals surface area contributed by atoms with Crippen molar-refractivity contribution in [2.75, 3.05) is 0 Å². The minimum absolute atomic E-state index is 0. The standard InChI is InChI=1S/2C6H13.Hf/c2*1-3-5-6-4-2;/h2*1,3-6H2,2H3;/q2*-1;+4. The average Bonchev–Trinajstić information content (AvgIpc) is 2.12. The maximum Gasteiger partial charge on any atom is 4.00 e. The molecule has 0 bridgehead atoms. The maximum atomic E-state index is 3.72. The maximum absolute atomic E-state index is 3.72. The van der Waals surface area contributed by atoms with Gasteiger partial charge in [0, 0.05) is 0 Å². The molecule has 0 heterocycles. The minimum Gasteiger partial charge on any atom is -0.343 e. The molecule has 0 aromatic rings. The number of hydrogen-bond acceptors (Lipinski definition) is 0. The predicted molar refractivity (Wildman–Crippen MR) is 59.0 cm³/mol. The van der Waals surface area contributed by atoms with Crippen LogP contribution >= 0.6 is 0 Å². The summed E-state index contributed by atoms with van der Waals surface area (Å²) in [5.41, 5.74) is 0. The number of unbranched alkanes of at least 4 members (excludes halogenated alkanes) is 6. The first kappa shape index (κ1) is 19.4. The second kappa shape index (κ2) is 23.0. The van der Waals surface area contributed by atoms with Crippen LogP contribution in [0.15, 0.2) is 0 Å². The van der Waals surface area contributed by atoms with Crippen molar-refractivity contribution < 1.29 is 25.8 Å². The topological polar surface area (TPSA) is 0 Å². The molecule has 0 aromatic heterocycles. The summed E-state index contributed by atoms with van der Waals surface area (Å²) in [5, 5.41) is 0. The molecule has 0 fully saturated rings. The first-order valence-corrected chi connectivity index (χ1v) is 5.41. The van der Waals surface area contributed by atoms with Gasteiger partial charge in [-0.3, -0.25) is 0 Å². The second-order valence-corrected chi connectivity index (χ2v) is 3.12. The smallest absolute Gasteiger partial charge is 0.343 e. The molecular formula is C12H26Hf+2. The Morgan fingerprint density at radius 1 is 0.692 bits per heavy atom. The van der Waals surface area contributed by atoms with E-state index in [4.69, 9.17) is 0 Å². The van der Waals surface area contributed by atoms with Crippen molar-refractivity contribution in [2.45, 2.75) is 65.2 Å². The van der Waals surface area contributed by atoms with Crippen molar-refractivity contribution >= 4 is 0 Å². The van der Waals surface area contributed by atoms with E-state index in [1.807, 2.05) is 0 Å². The van der Waals surface area contributed by atoms with E-state index in [-0.39, 0.29) is 25.8 Å². The van der Waals surface area contributed by atoms with Gasteiger partial charge in [-0.15, -0.1) is 0 Å². The summed E-state index contributed by atoms with van der Waals surface area (Å²) in [4.78, 5) is 0. The fourth-order valence-corrected chi connectivity index (χ4v) is 0.854. The first-order chi connectivity index (χ1) is 5.83. The zero-order chi connectivity index (χ0) is 9.66. The molecule has 0 spiro atoms. The Morgan fingerprint density at radius 3 is 1.08 bits per heavy atom. The van der Waals surface area contributed by atoms with Crippen LogP contribution in [0.1, 0.15) is 65.2 Å². The molecule has 0 aliphatic carbocycles. The fourth-order valence-electron chi connectivity index (χ4n) is 0.854. The van der Waals surface area contributed by atoms with Crippen molar-refractivity contribution in [3.8, 4) is 0 Å². The Kier molecular flexibility index (Phi) is 34.5. The molecule has 0 rings (SSSR count). The summed E-state index contributed by atoms with van der Waals surface area (Å²) in [5.74, 6) is 0. The van der Waals surface area contributed by atoms with E-state index in [1.54, 1.807) is 0 Å². The zero-order valence-corrected chi connectivity index (χ0v) is 13.2. The summed E-state index contributed by atoms with van der Waals surface area (Å²) in [6.07, 6.45) is 10.1. The van der Waals surface area contributed by atoms with Crippen LogP contribution in [-0.2, 0) is 25.8 Å². The van der Waals surface area contributed by atoms with Crippen molar-refractivity contribution in [3.63, 3.8) is 0 Å². The molecule has 0 aliphatic rings. The minimum atomic E-state index is 0. The van der Waals surface area contributed by atoms with E-state index < -0.39 is 0 Å². The monoisotopic (exact) mass is 350 g/mol. The summed E-state index contributed by atoms with van der Waals surface area (Å²) in [7, 11) is 0. The molecule has 0 N–H and O–H groups in total. The van der Waals surface area contributed by atoms with Crippen LogP contribution in [0, 0.1) is 13.8 Å². The van der Waals surface area contributed by atoms with Gasteiger partial charge in [-0.1, -0.05) is 52.4 Å². The number of hydrogen-bond donors (Lipinski definition) is 0. The molecule has 13 heavy (non-hydrogen) atoms. The Balaban J connectivity index is -0.000000143. The molecule has 0 atom stereocenters. The van der Waals surface area contributed by atoms with Crippen molar-refractivity contribution in [1.82, 2.24) is 0 Å². The van der Waals surface area contributed by atoms with Crippen LogP contribution in [0.4, 0.5) is 0 Å². The fraction of sp³-hybridized carbons (Fsp3) is 0.833. The van der Waals surface area contributed by atoms with E-state index in [0.717, 1.165) is 12.8 Å². The van der Waals surface area contributed by atoms with Gasteiger partial charge in [0.1, 0.15) is 0 Å². The largest absolute Gasteiger partial charge is 4.00 e. The van der Waals surface area contributed by atoms with E-state index in [9.17, 15) is 0 Å². The predicted octanol–water partition coefficient (Wildman–Crippen LogP) is 4.80. The van der Waals surface area contributed by atoms with Crippen LogP contribution in [0.5, 0.6) is 0 Å². The van der Waals surface area contributed by atoms with Gasteiger partial charge in [-0.2, -0.15) is 12.8 Å². The van der Waals surface area contributed by atoms with Gasteiger partial charge in [-0.25, -0.2) is 0 Å². The molecule has 0 saturated carbocycles. The summed E-state index contributed by atoms with van der Waals surface area (Å²) in [6.45, 7) is 11.9. The zero-order valence-electron chi connectivity index (χ0n) is 9.57. The van der Waals surface area contributed by atoms with Gasteiger partial charge < -0.3 is 13.8 Å². The number of rotatable bonds is 6. The SMILES string of the molecule is [CH2-]CCCCC.[CH2-]CCCCC.[Hf+4]. The van der Waals surface area contributed by atoms with Gasteiger partial charge in [0.05, 0.1) is 0 Å². The Labute approximate surface area is 105 Å². The summed E-state index contributed by atoms with van der Waals surface area (Å²) < 4.78 is 0. The second-order valence-electron chi connectivity index (χ2n) is 3.12. The van der Waals surface area contributed by atoms with E-state index in [0.29, 0.717) is 0 Å². The summed E-state index contributed by atoms with van der Waals surface area (Å²) in [6, 6.07) is 0. The molecule has 0 nitrogen and oxygen atoms in total. The van der Waals surface area contributed by atoms with Crippen LogP contribution in [0.3, 0.4) is 0 Å². The Morgan fingerprint density at radius 2 is 1.00 bits per heavy atom. The third-order valence-corrected chi connectivity index (χ3v) is 1.71. The van der Waals surface area contributed by atoms with Crippen molar-refractivity contribution in [1.29, 1.82) is 0 Å². The van der Waals surface area contributed by atoms with E-state index >= 15 is 0 Å². The summed E-state index contributed by atoms with van der Waals surface area (Å²) >= 11 is 0. The third-order valence-electron chi connectivity index (χ3n) is 1.71. The van der Waals surface area contributed by atoms with Gasteiger partial charge in [0.2, 0.25) is 0 Å².